The first-order chi connectivity index (χ1) is 15.9. The van der Waals surface area contributed by atoms with Crippen molar-refractivity contribution in [1.29, 1.82) is 0 Å². The number of carboxylic acid groups (broad SMARTS) is 1. The summed E-state index contributed by atoms with van der Waals surface area (Å²) >= 11 is 0. The first-order valence-electron chi connectivity index (χ1n) is 10.7. The Kier molecular flexibility index (Phi) is 8.16. The predicted molar refractivity (Wildman–Crippen MR) is 124 cm³/mol. The second-order valence-corrected chi connectivity index (χ2v) is 7.46. The van der Waals surface area contributed by atoms with Crippen LogP contribution in [0.4, 0.5) is 0 Å². The quantitative estimate of drug-likeness (QED) is 0.417. The van der Waals surface area contributed by atoms with Crippen molar-refractivity contribution in [3.8, 4) is 22.8 Å². The van der Waals surface area contributed by atoms with Gasteiger partial charge in [-0.3, -0.25) is 4.79 Å². The van der Waals surface area contributed by atoms with Crippen LogP contribution in [0.25, 0.3) is 11.3 Å². The van der Waals surface area contributed by atoms with E-state index in [0.717, 1.165) is 16.8 Å². The molecule has 0 spiro atoms. The Morgan fingerprint density at radius 2 is 1.82 bits per heavy atom. The zero-order chi connectivity index (χ0) is 23.8. The van der Waals surface area contributed by atoms with Gasteiger partial charge in [0, 0.05) is 17.7 Å². The van der Waals surface area contributed by atoms with Gasteiger partial charge in [-0.05, 0) is 56.7 Å². The van der Waals surface area contributed by atoms with E-state index >= 15 is 0 Å². The molecule has 7 heteroatoms. The summed E-state index contributed by atoms with van der Waals surface area (Å²) in [6.07, 6.45) is -0.452. The number of aromatic nitrogens is 1. The number of ketones is 1. The van der Waals surface area contributed by atoms with Gasteiger partial charge in [0.05, 0.1) is 18.0 Å². The summed E-state index contributed by atoms with van der Waals surface area (Å²) in [6, 6.07) is 18.2. The maximum atomic E-state index is 11.5. The largest absolute Gasteiger partial charge is 0.482 e. The first-order valence-corrected chi connectivity index (χ1v) is 10.7. The summed E-state index contributed by atoms with van der Waals surface area (Å²) < 4.78 is 17.1. The van der Waals surface area contributed by atoms with Crippen molar-refractivity contribution >= 4 is 11.8 Å². The van der Waals surface area contributed by atoms with E-state index in [-0.39, 0.29) is 5.78 Å². The second kappa shape index (κ2) is 11.2. The van der Waals surface area contributed by atoms with Gasteiger partial charge in [0.15, 0.2) is 18.5 Å². The van der Waals surface area contributed by atoms with Crippen molar-refractivity contribution < 1.29 is 28.9 Å². The van der Waals surface area contributed by atoms with Gasteiger partial charge in [-0.25, -0.2) is 9.78 Å². The minimum atomic E-state index is -1.03. The van der Waals surface area contributed by atoms with Crippen LogP contribution in [0.15, 0.2) is 60.7 Å². The highest BCUT2D eigenvalue weighted by molar-refractivity contribution is 5.94. The number of hydrogen-bond acceptors (Lipinski definition) is 6. The summed E-state index contributed by atoms with van der Waals surface area (Å²) in [5.74, 6) is 0.0645. The predicted octanol–water partition coefficient (Wildman–Crippen LogP) is 4.88. The van der Waals surface area contributed by atoms with Gasteiger partial charge in [0.2, 0.25) is 0 Å². The molecule has 1 aromatic heterocycles. The number of ether oxygens (including phenoxy) is 3. The van der Waals surface area contributed by atoms with Gasteiger partial charge >= 0.3 is 5.97 Å². The average molecular weight is 450 g/mol. The lowest BCUT2D eigenvalue weighted by Gasteiger charge is -2.20. The lowest BCUT2D eigenvalue weighted by molar-refractivity contribution is -0.139. The van der Waals surface area contributed by atoms with Crippen molar-refractivity contribution in [2.24, 2.45) is 0 Å². The van der Waals surface area contributed by atoms with E-state index < -0.39 is 18.7 Å². The van der Waals surface area contributed by atoms with Gasteiger partial charge in [-0.15, -0.1) is 0 Å². The van der Waals surface area contributed by atoms with Gasteiger partial charge in [0.1, 0.15) is 11.5 Å². The van der Waals surface area contributed by atoms with Crippen molar-refractivity contribution in [2.75, 3.05) is 19.8 Å². The van der Waals surface area contributed by atoms with Crippen LogP contribution in [0, 0.1) is 6.92 Å². The topological polar surface area (TPSA) is 95.0 Å². The molecule has 0 amide bonds. The highest BCUT2D eigenvalue weighted by Crippen LogP contribution is 2.28. The fraction of sp³-hybridized carbons (Fsp3) is 0.269. The number of aryl methyl sites for hydroxylation is 1. The summed E-state index contributed by atoms with van der Waals surface area (Å²) in [5.41, 5.74) is 3.78. The third-order valence-corrected chi connectivity index (χ3v) is 4.94. The van der Waals surface area contributed by atoms with Crippen LogP contribution >= 0.6 is 0 Å². The molecule has 0 unspecified atom stereocenters. The molecule has 0 radical (unpaired) electrons. The fourth-order valence-corrected chi connectivity index (χ4v) is 3.23. The molecule has 33 heavy (non-hydrogen) atoms. The monoisotopic (exact) mass is 449 g/mol. The molecule has 7 nitrogen and oxygen atoms in total. The van der Waals surface area contributed by atoms with E-state index in [0.29, 0.717) is 36.0 Å². The fourth-order valence-electron chi connectivity index (χ4n) is 3.23. The molecule has 0 bridgehead atoms. The minimum absolute atomic E-state index is 0.0168. The molecule has 0 aliphatic heterocycles. The highest BCUT2D eigenvalue weighted by atomic mass is 16.5. The summed E-state index contributed by atoms with van der Waals surface area (Å²) in [6.45, 7) is 5.72. The van der Waals surface area contributed by atoms with Crippen molar-refractivity contribution in [2.45, 2.75) is 26.9 Å². The van der Waals surface area contributed by atoms with E-state index in [1.807, 2.05) is 44.2 Å². The molecule has 0 saturated carbocycles. The summed E-state index contributed by atoms with van der Waals surface area (Å²) in [4.78, 5) is 27.1. The Hall–Kier alpha value is -3.71. The number of carbonyl (C=O) groups excluding carboxylic acids is 1. The van der Waals surface area contributed by atoms with Crippen LogP contribution in [0.5, 0.6) is 11.5 Å². The lowest BCUT2D eigenvalue weighted by Crippen LogP contribution is -2.16. The first kappa shape index (κ1) is 23.9. The van der Waals surface area contributed by atoms with E-state index in [1.54, 1.807) is 30.3 Å². The number of rotatable bonds is 11. The number of nitrogens with zero attached hydrogens (tertiary/aromatic N) is 1. The molecule has 1 N–H and O–H groups in total. The third kappa shape index (κ3) is 6.63. The number of hydrogen-bond donors (Lipinski definition) is 1. The number of carboxylic acids is 1. The lowest BCUT2D eigenvalue weighted by atomic mass is 10.1. The van der Waals surface area contributed by atoms with E-state index in [1.165, 1.54) is 6.92 Å². The van der Waals surface area contributed by atoms with E-state index in [2.05, 4.69) is 0 Å². The number of carbonyl (C=O) groups is 2. The van der Waals surface area contributed by atoms with E-state index in [4.69, 9.17) is 24.3 Å². The number of pyridine rings is 1. The van der Waals surface area contributed by atoms with Crippen LogP contribution in [-0.4, -0.2) is 41.7 Å². The summed E-state index contributed by atoms with van der Waals surface area (Å²) in [7, 11) is 0. The van der Waals surface area contributed by atoms with Crippen LogP contribution in [0.1, 0.15) is 41.6 Å². The van der Waals surface area contributed by atoms with Crippen LogP contribution < -0.4 is 9.47 Å². The Bertz CT molecular complexity index is 1110. The third-order valence-electron chi connectivity index (χ3n) is 4.94. The van der Waals surface area contributed by atoms with Gasteiger partial charge < -0.3 is 19.3 Å². The van der Waals surface area contributed by atoms with Gasteiger partial charge in [0.25, 0.3) is 0 Å². The molecule has 172 valence electrons. The normalized spacial score (nSPS) is 11.6. The smallest absolute Gasteiger partial charge is 0.341 e. The minimum Gasteiger partial charge on any atom is -0.482 e. The molecule has 0 aliphatic rings. The zero-order valence-electron chi connectivity index (χ0n) is 18.9. The molecule has 1 atom stereocenters. The highest BCUT2D eigenvalue weighted by Gasteiger charge is 2.17. The molecule has 0 fully saturated rings. The SMILES string of the molecule is CCOC[C@@H](Oc1ccc(OCC(=O)O)c(C)c1)c1cccc(-c2ccc(C(C)=O)cc2)n1. The molecular formula is C26H27NO6. The average Bonchev–Trinajstić information content (AvgIpc) is 2.81. The Morgan fingerprint density at radius 3 is 2.45 bits per heavy atom. The van der Waals surface area contributed by atoms with Crippen molar-refractivity contribution in [1.82, 2.24) is 4.98 Å². The molecule has 0 aliphatic carbocycles. The van der Waals surface area contributed by atoms with Gasteiger partial charge in [-0.2, -0.15) is 0 Å². The Morgan fingerprint density at radius 1 is 1.06 bits per heavy atom. The number of Topliss-reactive ketones (excluding diaryl/α,β-unsaturated/α-hetero) is 1. The molecule has 3 aromatic rings. The maximum absolute atomic E-state index is 11.5. The molecule has 2 aromatic carbocycles. The maximum Gasteiger partial charge on any atom is 0.341 e. The number of benzene rings is 2. The summed E-state index contributed by atoms with van der Waals surface area (Å²) in [5, 5.41) is 8.80. The molecular weight excluding hydrogens is 422 g/mol. The molecule has 1 heterocycles. The zero-order valence-corrected chi connectivity index (χ0v) is 18.9. The van der Waals surface area contributed by atoms with Crippen LogP contribution in [0.3, 0.4) is 0 Å². The molecule has 0 saturated heterocycles. The Labute approximate surface area is 193 Å². The van der Waals surface area contributed by atoms with Crippen LogP contribution in [-0.2, 0) is 9.53 Å². The Balaban J connectivity index is 1.83. The van der Waals surface area contributed by atoms with E-state index in [9.17, 15) is 9.59 Å². The van der Waals surface area contributed by atoms with Crippen molar-refractivity contribution in [3.63, 3.8) is 0 Å². The standard InChI is InChI=1S/C26H27NO6/c1-4-31-15-25(33-21-12-13-24(17(2)14-21)32-16-26(29)30)23-7-5-6-22(27-23)20-10-8-19(9-11-20)18(3)28/h5-14,25H,4,15-16H2,1-3H3,(H,29,30)/t25-/m1/s1. The van der Waals surface area contributed by atoms with Crippen molar-refractivity contribution in [3.05, 3.63) is 77.5 Å². The van der Waals surface area contributed by atoms with Crippen LogP contribution in [0.2, 0.25) is 0 Å². The molecule has 3 rings (SSSR count). The number of aliphatic carboxylic acids is 1. The second-order valence-electron chi connectivity index (χ2n) is 7.46. The van der Waals surface area contributed by atoms with Gasteiger partial charge in [-0.1, -0.05) is 30.3 Å².